The van der Waals surface area contributed by atoms with E-state index in [1.807, 2.05) is 0 Å². The maximum absolute atomic E-state index is 2.57. The lowest BCUT2D eigenvalue weighted by atomic mass is 9.90. The summed E-state index contributed by atoms with van der Waals surface area (Å²) in [5, 5.41) is 5.06. The van der Waals surface area contributed by atoms with E-state index >= 15 is 0 Å². The van der Waals surface area contributed by atoms with Crippen molar-refractivity contribution in [2.45, 2.75) is 83.7 Å². The Morgan fingerprint density at radius 2 is 0.895 bits per heavy atom. The molecule has 1 aliphatic carbocycles. The highest BCUT2D eigenvalue weighted by molar-refractivity contribution is 6.14. The molecule has 7 aromatic rings. The van der Waals surface area contributed by atoms with Gasteiger partial charge < -0.3 is 9.80 Å². The van der Waals surface area contributed by atoms with E-state index in [0.29, 0.717) is 12.1 Å². The summed E-state index contributed by atoms with van der Waals surface area (Å²) in [6, 6.07) is 58.8. The van der Waals surface area contributed by atoms with Gasteiger partial charge in [0.15, 0.2) is 0 Å². The Balaban J connectivity index is 1.08. The molecule has 0 amide bonds. The second-order valence-corrected chi connectivity index (χ2v) is 15.8. The monoisotopic (exact) mass is 744 g/mol. The second kappa shape index (κ2) is 18.4. The fourth-order valence-electron chi connectivity index (χ4n) is 8.97. The van der Waals surface area contributed by atoms with Gasteiger partial charge in [-0.05, 0) is 119 Å². The Bertz CT molecular complexity index is 2350. The Morgan fingerprint density at radius 3 is 1.39 bits per heavy atom. The van der Waals surface area contributed by atoms with Crippen LogP contribution in [0, 0.1) is 0 Å². The summed E-state index contributed by atoms with van der Waals surface area (Å²) < 4.78 is 0. The van der Waals surface area contributed by atoms with Crippen LogP contribution < -0.4 is 9.80 Å². The highest BCUT2D eigenvalue weighted by Crippen LogP contribution is 2.37. The SMILES string of the molecule is CCCCCC(C)N(c1ccccc1)c1ccc(/C=C/c2c3ccccc3c(/C=C/c3ccc(N(c4ccccc4)C4CCCCC4)cc3)c3ccccc23)cc1. The molecule has 1 aliphatic rings. The Kier molecular flexibility index (Phi) is 12.3. The molecule has 1 unspecified atom stereocenters. The summed E-state index contributed by atoms with van der Waals surface area (Å²) in [6.45, 7) is 4.64. The molecule has 0 radical (unpaired) electrons. The third-order valence-electron chi connectivity index (χ3n) is 11.9. The zero-order chi connectivity index (χ0) is 38.8. The van der Waals surface area contributed by atoms with Crippen LogP contribution >= 0.6 is 0 Å². The maximum atomic E-state index is 2.57. The van der Waals surface area contributed by atoms with E-state index in [4.69, 9.17) is 0 Å². The maximum Gasteiger partial charge on any atom is 0.0413 e. The number of anilines is 4. The fourth-order valence-corrected chi connectivity index (χ4v) is 8.97. The van der Waals surface area contributed by atoms with E-state index in [1.165, 1.54) is 124 Å². The van der Waals surface area contributed by atoms with Gasteiger partial charge in [-0.25, -0.2) is 0 Å². The lowest BCUT2D eigenvalue weighted by Crippen LogP contribution is -2.32. The zero-order valence-corrected chi connectivity index (χ0v) is 33.7. The van der Waals surface area contributed by atoms with Gasteiger partial charge in [0.2, 0.25) is 0 Å². The minimum atomic E-state index is 0.418. The van der Waals surface area contributed by atoms with E-state index in [1.54, 1.807) is 0 Å². The van der Waals surface area contributed by atoms with Crippen molar-refractivity contribution in [2.24, 2.45) is 0 Å². The molecule has 0 aliphatic heterocycles. The van der Waals surface area contributed by atoms with Gasteiger partial charge in [0, 0.05) is 34.8 Å². The van der Waals surface area contributed by atoms with Gasteiger partial charge in [0.25, 0.3) is 0 Å². The van der Waals surface area contributed by atoms with Gasteiger partial charge in [0.05, 0.1) is 0 Å². The highest BCUT2D eigenvalue weighted by atomic mass is 15.2. The van der Waals surface area contributed by atoms with Crippen LogP contribution in [-0.4, -0.2) is 12.1 Å². The molecule has 8 rings (SSSR count). The summed E-state index contributed by atoms with van der Waals surface area (Å²) >= 11 is 0. The molecule has 7 aromatic carbocycles. The number of fused-ring (bicyclic) bond motifs is 2. The van der Waals surface area contributed by atoms with Gasteiger partial charge in [-0.3, -0.25) is 0 Å². The number of rotatable bonds is 14. The van der Waals surface area contributed by atoms with Crippen molar-refractivity contribution in [2.75, 3.05) is 9.80 Å². The summed E-state index contributed by atoms with van der Waals surface area (Å²) in [5.74, 6) is 0. The van der Waals surface area contributed by atoms with Gasteiger partial charge in [-0.2, -0.15) is 0 Å². The van der Waals surface area contributed by atoms with Crippen molar-refractivity contribution in [1.29, 1.82) is 0 Å². The quantitative estimate of drug-likeness (QED) is 0.0621. The molecular weight excluding hydrogens is 689 g/mol. The molecule has 1 saturated carbocycles. The van der Waals surface area contributed by atoms with Crippen molar-refractivity contribution in [3.05, 3.63) is 180 Å². The van der Waals surface area contributed by atoms with Crippen LogP contribution in [0.4, 0.5) is 22.7 Å². The molecule has 0 N–H and O–H groups in total. The first-order valence-electron chi connectivity index (χ1n) is 21.4. The highest BCUT2D eigenvalue weighted by Gasteiger charge is 2.23. The van der Waals surface area contributed by atoms with Crippen LogP contribution in [0.2, 0.25) is 0 Å². The molecular formula is C55H56N2. The van der Waals surface area contributed by atoms with Gasteiger partial charge in [-0.1, -0.05) is 179 Å². The number of hydrogen-bond donors (Lipinski definition) is 0. The Labute approximate surface area is 340 Å². The van der Waals surface area contributed by atoms with Gasteiger partial charge >= 0.3 is 0 Å². The predicted molar refractivity (Wildman–Crippen MR) is 250 cm³/mol. The molecule has 2 heteroatoms. The average Bonchev–Trinajstić information content (AvgIpc) is 3.27. The lowest BCUT2D eigenvalue weighted by Gasteiger charge is -2.36. The van der Waals surface area contributed by atoms with Crippen LogP contribution in [0.5, 0.6) is 0 Å². The van der Waals surface area contributed by atoms with Gasteiger partial charge in [0.1, 0.15) is 0 Å². The number of unbranched alkanes of at least 4 members (excludes halogenated alkanes) is 2. The number of hydrogen-bond acceptors (Lipinski definition) is 2. The van der Waals surface area contributed by atoms with E-state index in [-0.39, 0.29) is 0 Å². The largest absolute Gasteiger partial charge is 0.339 e. The molecule has 0 heterocycles. The first-order chi connectivity index (χ1) is 28.2. The minimum Gasteiger partial charge on any atom is -0.339 e. The van der Waals surface area contributed by atoms with E-state index in [2.05, 4.69) is 206 Å². The molecule has 286 valence electrons. The average molecular weight is 745 g/mol. The molecule has 1 fully saturated rings. The molecule has 0 bridgehead atoms. The Morgan fingerprint density at radius 1 is 0.474 bits per heavy atom. The topological polar surface area (TPSA) is 6.48 Å². The molecule has 0 spiro atoms. The van der Waals surface area contributed by atoms with Crippen LogP contribution in [0.3, 0.4) is 0 Å². The molecule has 1 atom stereocenters. The first-order valence-corrected chi connectivity index (χ1v) is 21.4. The fraction of sp³-hybridized carbons (Fsp3) is 0.236. The predicted octanol–water partition coefficient (Wildman–Crippen LogP) is 15.9. The van der Waals surface area contributed by atoms with Crippen molar-refractivity contribution in [3.8, 4) is 0 Å². The second-order valence-electron chi connectivity index (χ2n) is 15.8. The summed E-state index contributed by atoms with van der Waals surface area (Å²) in [6.07, 6.45) is 20.6. The van der Waals surface area contributed by atoms with Crippen LogP contribution in [0.25, 0.3) is 45.8 Å². The Hall–Kier alpha value is -5.86. The number of para-hydroxylation sites is 2. The third kappa shape index (κ3) is 8.76. The van der Waals surface area contributed by atoms with Crippen molar-refractivity contribution in [3.63, 3.8) is 0 Å². The first kappa shape index (κ1) is 38.0. The van der Waals surface area contributed by atoms with Gasteiger partial charge in [-0.15, -0.1) is 0 Å². The molecule has 0 aromatic heterocycles. The minimum absolute atomic E-state index is 0.418. The summed E-state index contributed by atoms with van der Waals surface area (Å²) in [7, 11) is 0. The number of benzene rings is 7. The van der Waals surface area contributed by atoms with Crippen molar-refractivity contribution < 1.29 is 0 Å². The third-order valence-corrected chi connectivity index (χ3v) is 11.9. The summed E-state index contributed by atoms with van der Waals surface area (Å²) in [4.78, 5) is 5.07. The van der Waals surface area contributed by atoms with E-state index in [9.17, 15) is 0 Å². The molecule has 57 heavy (non-hydrogen) atoms. The van der Waals surface area contributed by atoms with Crippen LogP contribution in [-0.2, 0) is 0 Å². The van der Waals surface area contributed by atoms with Crippen molar-refractivity contribution >= 4 is 68.6 Å². The number of nitrogens with zero attached hydrogens (tertiary/aromatic N) is 2. The molecule has 0 saturated heterocycles. The van der Waals surface area contributed by atoms with Crippen molar-refractivity contribution in [1.82, 2.24) is 0 Å². The normalized spacial score (nSPS) is 14.1. The molecule has 2 nitrogen and oxygen atoms in total. The summed E-state index contributed by atoms with van der Waals surface area (Å²) in [5.41, 5.74) is 9.96. The smallest absolute Gasteiger partial charge is 0.0413 e. The zero-order valence-electron chi connectivity index (χ0n) is 33.7. The lowest BCUT2D eigenvalue weighted by molar-refractivity contribution is 0.436. The van der Waals surface area contributed by atoms with Crippen LogP contribution in [0.1, 0.15) is 93.9 Å². The van der Waals surface area contributed by atoms with Crippen LogP contribution in [0.15, 0.2) is 158 Å². The van der Waals surface area contributed by atoms with E-state index < -0.39 is 0 Å². The van der Waals surface area contributed by atoms with E-state index in [0.717, 1.165) is 0 Å². The standard InChI is InChI=1S/C55H56N2/c1-3-4-8-19-42(2)56(45-20-9-5-10-21-45)48-36-30-43(31-37-48)34-40-54-50-26-15-17-28-52(50)55(53-29-18-16-27-51(53)54)41-35-44-32-38-49(39-33-44)57(46-22-11-6-12-23-46)47-24-13-7-14-25-47/h5-6,9-12,15-18,20-23,26-42,47H,3-4,7-8,13-14,19,24-25H2,1-2H3/b40-34+,41-35+.